The summed E-state index contributed by atoms with van der Waals surface area (Å²) in [6, 6.07) is 8.19. The van der Waals surface area contributed by atoms with Gasteiger partial charge in [0.05, 0.1) is 19.8 Å². The molecule has 20 heavy (non-hydrogen) atoms. The van der Waals surface area contributed by atoms with E-state index in [1.165, 1.54) is 0 Å². The first-order valence-corrected chi connectivity index (χ1v) is 7.10. The van der Waals surface area contributed by atoms with Gasteiger partial charge in [-0.3, -0.25) is 9.69 Å². The number of nitrogens with zero attached hydrogens (tertiary/aromatic N) is 1. The Bertz CT molecular complexity index is 425. The van der Waals surface area contributed by atoms with Crippen molar-refractivity contribution >= 4 is 17.3 Å². The van der Waals surface area contributed by atoms with E-state index in [-0.39, 0.29) is 5.91 Å². The molecule has 0 aromatic heterocycles. The van der Waals surface area contributed by atoms with Gasteiger partial charge in [-0.25, -0.2) is 0 Å². The molecule has 5 heteroatoms. The summed E-state index contributed by atoms with van der Waals surface area (Å²) in [6.45, 7) is 7.69. The van der Waals surface area contributed by atoms with Crippen LogP contribution in [0.2, 0.25) is 0 Å². The molecule has 5 nitrogen and oxygen atoms in total. The molecule has 1 heterocycles. The van der Waals surface area contributed by atoms with E-state index in [0.717, 1.165) is 24.5 Å². The van der Waals surface area contributed by atoms with Crippen molar-refractivity contribution < 1.29 is 9.53 Å². The Morgan fingerprint density at radius 2 is 1.80 bits per heavy atom. The first-order valence-electron chi connectivity index (χ1n) is 7.10. The molecule has 1 aromatic rings. The van der Waals surface area contributed by atoms with Crippen molar-refractivity contribution in [3.05, 3.63) is 24.3 Å². The van der Waals surface area contributed by atoms with Crippen LogP contribution < -0.4 is 10.6 Å². The van der Waals surface area contributed by atoms with Gasteiger partial charge >= 0.3 is 0 Å². The van der Waals surface area contributed by atoms with Gasteiger partial charge in [0.15, 0.2) is 0 Å². The van der Waals surface area contributed by atoms with Crippen LogP contribution in [0.15, 0.2) is 24.3 Å². The predicted molar refractivity (Wildman–Crippen MR) is 81.1 cm³/mol. The minimum atomic E-state index is 0.0245. The fourth-order valence-corrected chi connectivity index (χ4v) is 2.15. The lowest BCUT2D eigenvalue weighted by molar-refractivity contribution is -0.118. The second-order valence-electron chi connectivity index (χ2n) is 5.31. The van der Waals surface area contributed by atoms with Crippen LogP contribution in [0.4, 0.5) is 11.4 Å². The van der Waals surface area contributed by atoms with Crippen molar-refractivity contribution in [3.8, 4) is 0 Å². The highest BCUT2D eigenvalue weighted by Crippen LogP contribution is 2.14. The number of amides is 1. The second kappa shape index (κ2) is 7.26. The summed E-state index contributed by atoms with van der Waals surface area (Å²) in [5.41, 5.74) is 1.89. The normalized spacial score (nSPS) is 16.1. The van der Waals surface area contributed by atoms with Crippen LogP contribution in [0.3, 0.4) is 0 Å². The highest BCUT2D eigenvalue weighted by atomic mass is 16.5. The molecule has 0 unspecified atom stereocenters. The summed E-state index contributed by atoms with van der Waals surface area (Å²) in [5.74, 6) is 0.0245. The molecule has 0 saturated carbocycles. The molecular weight excluding hydrogens is 254 g/mol. The molecule has 2 rings (SSSR count). The molecule has 1 aliphatic rings. The third-order valence-corrected chi connectivity index (χ3v) is 3.09. The number of nitrogens with one attached hydrogen (secondary N) is 2. The van der Waals surface area contributed by atoms with Crippen LogP contribution in [0.1, 0.15) is 13.8 Å². The first kappa shape index (κ1) is 14.8. The van der Waals surface area contributed by atoms with Crippen molar-refractivity contribution in [2.24, 2.45) is 0 Å². The van der Waals surface area contributed by atoms with Crippen LogP contribution in [0.25, 0.3) is 0 Å². The number of carbonyl (C=O) groups is 1. The molecule has 2 N–H and O–H groups in total. The van der Waals surface area contributed by atoms with Crippen molar-refractivity contribution in [1.82, 2.24) is 4.90 Å². The lowest BCUT2D eigenvalue weighted by Gasteiger charge is -2.25. The zero-order valence-corrected chi connectivity index (χ0v) is 12.2. The van der Waals surface area contributed by atoms with Crippen molar-refractivity contribution in [1.29, 1.82) is 0 Å². The number of benzene rings is 1. The Kier molecular flexibility index (Phi) is 5.38. The van der Waals surface area contributed by atoms with Gasteiger partial charge in [0.25, 0.3) is 0 Å². The standard InChI is InChI=1S/C15H23N3O2/c1-12(2)16-13-3-5-14(6-4-13)17-15(19)11-18-7-9-20-10-8-18/h3-6,12,16H,7-11H2,1-2H3,(H,17,19). The molecule has 1 aliphatic heterocycles. The van der Waals surface area contributed by atoms with Crippen LogP contribution in [-0.4, -0.2) is 49.7 Å². The number of rotatable bonds is 5. The largest absolute Gasteiger partial charge is 0.383 e. The maximum Gasteiger partial charge on any atom is 0.238 e. The minimum Gasteiger partial charge on any atom is -0.383 e. The average molecular weight is 277 g/mol. The van der Waals surface area contributed by atoms with Gasteiger partial charge < -0.3 is 15.4 Å². The van der Waals surface area contributed by atoms with Gasteiger partial charge in [-0.1, -0.05) is 0 Å². The van der Waals surface area contributed by atoms with Gasteiger partial charge in [0, 0.05) is 30.5 Å². The van der Waals surface area contributed by atoms with Gasteiger partial charge in [-0.15, -0.1) is 0 Å². The third-order valence-electron chi connectivity index (χ3n) is 3.09. The lowest BCUT2D eigenvalue weighted by atomic mass is 10.2. The van der Waals surface area contributed by atoms with Crippen molar-refractivity contribution in [2.45, 2.75) is 19.9 Å². The predicted octanol–water partition coefficient (Wildman–Crippen LogP) is 1.78. The summed E-state index contributed by atoms with van der Waals surface area (Å²) in [4.78, 5) is 14.0. The summed E-state index contributed by atoms with van der Waals surface area (Å²) < 4.78 is 5.26. The van der Waals surface area contributed by atoms with Gasteiger partial charge in [0.1, 0.15) is 0 Å². The Morgan fingerprint density at radius 1 is 1.20 bits per heavy atom. The Hall–Kier alpha value is -1.59. The first-order chi connectivity index (χ1) is 9.63. The Labute approximate surface area is 120 Å². The topological polar surface area (TPSA) is 53.6 Å². The van der Waals surface area contributed by atoms with Crippen LogP contribution in [0.5, 0.6) is 0 Å². The maximum atomic E-state index is 11.9. The summed E-state index contributed by atoms with van der Waals surface area (Å²) in [6.07, 6.45) is 0. The molecule has 1 amide bonds. The highest BCUT2D eigenvalue weighted by molar-refractivity contribution is 5.92. The lowest BCUT2D eigenvalue weighted by Crippen LogP contribution is -2.41. The number of ether oxygens (including phenoxy) is 1. The fourth-order valence-electron chi connectivity index (χ4n) is 2.15. The Morgan fingerprint density at radius 3 is 2.40 bits per heavy atom. The molecular formula is C15H23N3O2. The molecule has 110 valence electrons. The van der Waals surface area contributed by atoms with Crippen LogP contribution >= 0.6 is 0 Å². The molecule has 0 spiro atoms. The van der Waals surface area contributed by atoms with Crippen LogP contribution in [0, 0.1) is 0 Å². The number of hydrogen-bond acceptors (Lipinski definition) is 4. The van der Waals surface area contributed by atoms with Gasteiger partial charge in [-0.05, 0) is 38.1 Å². The van der Waals surface area contributed by atoms with E-state index in [2.05, 4.69) is 29.4 Å². The highest BCUT2D eigenvalue weighted by Gasteiger charge is 2.14. The molecule has 0 radical (unpaired) electrons. The molecule has 0 bridgehead atoms. The molecule has 0 aliphatic carbocycles. The van der Waals surface area contributed by atoms with E-state index in [4.69, 9.17) is 4.74 Å². The third kappa shape index (κ3) is 4.83. The van der Waals surface area contributed by atoms with E-state index in [9.17, 15) is 4.79 Å². The van der Waals surface area contributed by atoms with Crippen molar-refractivity contribution in [3.63, 3.8) is 0 Å². The molecule has 1 fully saturated rings. The zero-order chi connectivity index (χ0) is 14.4. The van der Waals surface area contributed by atoms with E-state index < -0.39 is 0 Å². The monoisotopic (exact) mass is 277 g/mol. The van der Waals surface area contributed by atoms with Gasteiger partial charge in [0.2, 0.25) is 5.91 Å². The van der Waals surface area contributed by atoms with Crippen LogP contribution in [-0.2, 0) is 9.53 Å². The fraction of sp³-hybridized carbons (Fsp3) is 0.533. The minimum absolute atomic E-state index is 0.0245. The molecule has 1 aromatic carbocycles. The number of hydrogen-bond donors (Lipinski definition) is 2. The van der Waals surface area contributed by atoms with E-state index >= 15 is 0 Å². The SMILES string of the molecule is CC(C)Nc1ccc(NC(=O)CN2CCOCC2)cc1. The molecule has 0 atom stereocenters. The average Bonchev–Trinajstić information content (AvgIpc) is 2.41. The Balaban J connectivity index is 1.81. The van der Waals surface area contributed by atoms with E-state index in [1.807, 2.05) is 24.3 Å². The zero-order valence-electron chi connectivity index (χ0n) is 12.2. The smallest absolute Gasteiger partial charge is 0.238 e. The summed E-state index contributed by atoms with van der Waals surface area (Å²) >= 11 is 0. The molecule has 1 saturated heterocycles. The number of anilines is 2. The quantitative estimate of drug-likeness (QED) is 0.861. The number of morpholine rings is 1. The van der Waals surface area contributed by atoms with E-state index in [0.29, 0.717) is 25.8 Å². The summed E-state index contributed by atoms with van der Waals surface area (Å²) in [7, 11) is 0. The van der Waals surface area contributed by atoms with E-state index in [1.54, 1.807) is 0 Å². The maximum absolute atomic E-state index is 11.9. The van der Waals surface area contributed by atoms with Crippen molar-refractivity contribution in [2.75, 3.05) is 43.5 Å². The number of carbonyl (C=O) groups excluding carboxylic acids is 1. The van der Waals surface area contributed by atoms with Gasteiger partial charge in [-0.2, -0.15) is 0 Å². The summed E-state index contributed by atoms with van der Waals surface area (Å²) in [5, 5.41) is 6.24. The second-order valence-corrected chi connectivity index (χ2v) is 5.31.